The topological polar surface area (TPSA) is 12.0 Å². The number of hydrogen-bond acceptors (Lipinski definition) is 1. The van der Waals surface area contributed by atoms with Crippen molar-refractivity contribution in [1.82, 2.24) is 5.32 Å². The molecule has 0 saturated heterocycles. The maximum atomic E-state index is 3.21. The zero-order valence-electron chi connectivity index (χ0n) is 8.96. The van der Waals surface area contributed by atoms with Crippen molar-refractivity contribution in [2.45, 2.75) is 20.3 Å². The molecule has 1 nitrogen and oxygen atoms in total. The molecule has 0 aromatic heterocycles. The smallest absolute Gasteiger partial charge is 0.00492 e. The van der Waals surface area contributed by atoms with Crippen molar-refractivity contribution in [3.05, 3.63) is 24.3 Å². The third-order valence-corrected chi connectivity index (χ3v) is 2.97. The quantitative estimate of drug-likeness (QED) is 0.699. The van der Waals surface area contributed by atoms with E-state index < -0.39 is 0 Å². The summed E-state index contributed by atoms with van der Waals surface area (Å²) in [6, 6.07) is 0. The monoisotopic (exact) mass is 179 g/mol. The first-order valence-electron chi connectivity index (χ1n) is 5.25. The van der Waals surface area contributed by atoms with Gasteiger partial charge in [-0.2, -0.15) is 0 Å². The van der Waals surface area contributed by atoms with Gasteiger partial charge in [0, 0.05) is 0 Å². The Hall–Kier alpha value is -0.560. The Morgan fingerprint density at radius 1 is 1.31 bits per heavy atom. The van der Waals surface area contributed by atoms with Gasteiger partial charge in [0.05, 0.1) is 0 Å². The summed E-state index contributed by atoms with van der Waals surface area (Å²) in [7, 11) is 2.02. The Morgan fingerprint density at radius 3 is 2.62 bits per heavy atom. The van der Waals surface area contributed by atoms with Gasteiger partial charge in [-0.05, 0) is 37.8 Å². The molecular weight excluding hydrogens is 158 g/mol. The fourth-order valence-corrected chi connectivity index (χ4v) is 2.01. The molecule has 0 heterocycles. The fourth-order valence-electron chi connectivity index (χ4n) is 2.01. The highest BCUT2D eigenvalue weighted by atomic mass is 14.8. The van der Waals surface area contributed by atoms with Crippen LogP contribution in [0.25, 0.3) is 0 Å². The van der Waals surface area contributed by atoms with Gasteiger partial charge in [0.25, 0.3) is 0 Å². The van der Waals surface area contributed by atoms with Crippen molar-refractivity contribution < 1.29 is 0 Å². The minimum atomic E-state index is 0.705. The summed E-state index contributed by atoms with van der Waals surface area (Å²) < 4.78 is 0. The predicted molar refractivity (Wildman–Crippen MR) is 58.6 cm³/mol. The Morgan fingerprint density at radius 2 is 2.00 bits per heavy atom. The van der Waals surface area contributed by atoms with Crippen LogP contribution < -0.4 is 5.32 Å². The number of hydrogen-bond donors (Lipinski definition) is 1. The van der Waals surface area contributed by atoms with Gasteiger partial charge in [-0.25, -0.2) is 0 Å². The Kier molecular flexibility index (Phi) is 4.23. The van der Waals surface area contributed by atoms with E-state index in [1.165, 1.54) is 6.42 Å². The third-order valence-electron chi connectivity index (χ3n) is 2.97. The van der Waals surface area contributed by atoms with Crippen LogP contribution in [0.1, 0.15) is 20.3 Å². The van der Waals surface area contributed by atoms with Crippen molar-refractivity contribution in [2.24, 2.45) is 17.8 Å². The minimum Gasteiger partial charge on any atom is -0.320 e. The van der Waals surface area contributed by atoms with Crippen LogP contribution in [0.5, 0.6) is 0 Å². The third kappa shape index (κ3) is 3.00. The maximum absolute atomic E-state index is 3.21. The van der Waals surface area contributed by atoms with E-state index in [-0.39, 0.29) is 0 Å². The number of allylic oxidation sites excluding steroid dienone is 4. The van der Waals surface area contributed by atoms with Crippen molar-refractivity contribution in [3.63, 3.8) is 0 Å². The van der Waals surface area contributed by atoms with Gasteiger partial charge in [0.1, 0.15) is 0 Å². The lowest BCUT2D eigenvalue weighted by atomic mass is 9.79. The molecule has 74 valence electrons. The summed E-state index contributed by atoms with van der Waals surface area (Å²) in [4.78, 5) is 0. The highest BCUT2D eigenvalue weighted by molar-refractivity contribution is 5.14. The van der Waals surface area contributed by atoms with E-state index in [4.69, 9.17) is 0 Å². The molecule has 0 fully saturated rings. The van der Waals surface area contributed by atoms with Gasteiger partial charge in [0.2, 0.25) is 0 Å². The Labute approximate surface area is 81.9 Å². The predicted octanol–water partition coefficient (Wildman–Crippen LogP) is 2.61. The molecule has 0 spiro atoms. The molecule has 1 aliphatic carbocycles. The molecule has 0 saturated carbocycles. The average molecular weight is 179 g/mol. The molecule has 0 aromatic carbocycles. The molecule has 13 heavy (non-hydrogen) atoms. The zero-order valence-corrected chi connectivity index (χ0v) is 8.96. The summed E-state index contributed by atoms with van der Waals surface area (Å²) in [5.41, 5.74) is 0. The largest absolute Gasteiger partial charge is 0.320 e. The summed E-state index contributed by atoms with van der Waals surface area (Å²) >= 11 is 0. The lowest BCUT2D eigenvalue weighted by molar-refractivity contribution is 0.335. The summed E-state index contributed by atoms with van der Waals surface area (Å²) in [6.45, 7) is 5.78. The van der Waals surface area contributed by atoms with E-state index in [1.807, 2.05) is 7.05 Å². The molecule has 1 heteroatoms. The van der Waals surface area contributed by atoms with E-state index in [0.717, 1.165) is 18.4 Å². The van der Waals surface area contributed by atoms with E-state index >= 15 is 0 Å². The van der Waals surface area contributed by atoms with Crippen molar-refractivity contribution >= 4 is 0 Å². The average Bonchev–Trinajstić information content (AvgIpc) is 2.15. The molecule has 1 rings (SSSR count). The molecule has 1 N–H and O–H groups in total. The first-order valence-corrected chi connectivity index (χ1v) is 5.25. The summed E-state index contributed by atoms with van der Waals surface area (Å²) in [6.07, 6.45) is 10.3. The van der Waals surface area contributed by atoms with Gasteiger partial charge < -0.3 is 5.32 Å². The van der Waals surface area contributed by atoms with Crippen molar-refractivity contribution in [3.8, 4) is 0 Å². The van der Waals surface area contributed by atoms with Crippen LogP contribution >= 0.6 is 0 Å². The van der Waals surface area contributed by atoms with Crippen LogP contribution in [0, 0.1) is 17.8 Å². The second-order valence-corrected chi connectivity index (χ2v) is 4.08. The molecular formula is C12H21N. The summed E-state index contributed by atoms with van der Waals surface area (Å²) in [5.74, 6) is 2.22. The molecule has 0 bridgehead atoms. The van der Waals surface area contributed by atoms with Crippen LogP contribution in [0.3, 0.4) is 0 Å². The van der Waals surface area contributed by atoms with Crippen LogP contribution in [0.2, 0.25) is 0 Å². The first kappa shape index (κ1) is 10.5. The van der Waals surface area contributed by atoms with E-state index in [9.17, 15) is 0 Å². The van der Waals surface area contributed by atoms with Crippen molar-refractivity contribution in [2.75, 3.05) is 13.6 Å². The lowest BCUT2D eigenvalue weighted by Crippen LogP contribution is -2.21. The van der Waals surface area contributed by atoms with Crippen LogP contribution in [0.15, 0.2) is 24.3 Å². The van der Waals surface area contributed by atoms with Gasteiger partial charge in [-0.1, -0.05) is 38.2 Å². The minimum absolute atomic E-state index is 0.705. The zero-order chi connectivity index (χ0) is 9.68. The number of nitrogens with one attached hydrogen (secondary N) is 1. The highest BCUT2D eigenvalue weighted by Crippen LogP contribution is 2.28. The molecule has 0 radical (unpaired) electrons. The van der Waals surface area contributed by atoms with Crippen LogP contribution in [-0.2, 0) is 0 Å². The summed E-state index contributed by atoms with van der Waals surface area (Å²) in [5, 5.41) is 3.21. The second-order valence-electron chi connectivity index (χ2n) is 4.08. The molecule has 0 aliphatic heterocycles. The SMILES string of the molecule is CNCCC(C)C1C=CC=CC1C. The van der Waals surface area contributed by atoms with E-state index in [0.29, 0.717) is 5.92 Å². The molecule has 3 unspecified atom stereocenters. The number of rotatable bonds is 4. The normalized spacial score (nSPS) is 29.2. The fraction of sp³-hybridized carbons (Fsp3) is 0.667. The first-order chi connectivity index (χ1) is 6.25. The standard InChI is InChI=1S/C12H21N/c1-10-6-4-5-7-12(10)11(2)8-9-13-3/h4-7,10-13H,8-9H2,1-3H3. The molecule has 0 amide bonds. The highest BCUT2D eigenvalue weighted by Gasteiger charge is 2.19. The second kappa shape index (κ2) is 5.23. The Bertz CT molecular complexity index is 193. The van der Waals surface area contributed by atoms with Crippen LogP contribution in [-0.4, -0.2) is 13.6 Å². The van der Waals surface area contributed by atoms with Crippen LogP contribution in [0.4, 0.5) is 0 Å². The molecule has 3 atom stereocenters. The lowest BCUT2D eigenvalue weighted by Gasteiger charge is -2.26. The molecule has 1 aliphatic rings. The van der Waals surface area contributed by atoms with E-state index in [1.54, 1.807) is 0 Å². The Balaban J connectivity index is 2.41. The molecule has 0 aromatic rings. The van der Waals surface area contributed by atoms with Gasteiger partial charge in [-0.3, -0.25) is 0 Å². The van der Waals surface area contributed by atoms with Gasteiger partial charge in [-0.15, -0.1) is 0 Å². The van der Waals surface area contributed by atoms with Gasteiger partial charge >= 0.3 is 0 Å². The van der Waals surface area contributed by atoms with E-state index in [2.05, 4.69) is 43.5 Å². The maximum Gasteiger partial charge on any atom is -0.00492 e. The van der Waals surface area contributed by atoms with Crippen molar-refractivity contribution in [1.29, 1.82) is 0 Å². The van der Waals surface area contributed by atoms with Gasteiger partial charge in [0.15, 0.2) is 0 Å².